The first kappa shape index (κ1) is 19.8. The van der Waals surface area contributed by atoms with E-state index in [-0.39, 0.29) is 5.78 Å². The Labute approximate surface area is 165 Å². The van der Waals surface area contributed by atoms with Crippen LogP contribution in [0.3, 0.4) is 0 Å². The van der Waals surface area contributed by atoms with E-state index in [2.05, 4.69) is 23.3 Å². The van der Waals surface area contributed by atoms with Gasteiger partial charge >= 0.3 is 0 Å². The van der Waals surface area contributed by atoms with Crippen LogP contribution in [0.5, 0.6) is 11.6 Å². The Morgan fingerprint density at radius 2 is 2.18 bits per heavy atom. The van der Waals surface area contributed by atoms with E-state index in [0.29, 0.717) is 53.9 Å². The Balaban J connectivity index is 2.02. The number of nitrogens with zero attached hydrogens (tertiary/aromatic N) is 2. The van der Waals surface area contributed by atoms with E-state index in [1.807, 2.05) is 19.1 Å². The summed E-state index contributed by atoms with van der Waals surface area (Å²) in [5.41, 5.74) is 0.508. The summed E-state index contributed by atoms with van der Waals surface area (Å²) in [6.07, 6.45) is 2.88. The van der Waals surface area contributed by atoms with Gasteiger partial charge in [0.2, 0.25) is 11.7 Å². The maximum absolute atomic E-state index is 13.7. The third kappa shape index (κ3) is 3.85. The fraction of sp³-hybridized carbons (Fsp3) is 0.409. The lowest BCUT2D eigenvalue weighted by Crippen LogP contribution is -2.58. The maximum Gasteiger partial charge on any atom is 0.218 e. The largest absolute Gasteiger partial charge is 0.493 e. The second-order valence-electron chi connectivity index (χ2n) is 7.08. The maximum atomic E-state index is 13.7. The molecule has 3 rings (SSSR count). The summed E-state index contributed by atoms with van der Waals surface area (Å²) in [7, 11) is 0. The number of Topliss-reactive ketones (excluding diaryl/α,β-unsaturated/α-hetero) is 1. The van der Waals surface area contributed by atoms with Gasteiger partial charge in [-0.15, -0.1) is 0 Å². The van der Waals surface area contributed by atoms with Crippen molar-refractivity contribution in [3.8, 4) is 17.7 Å². The molecule has 28 heavy (non-hydrogen) atoms. The van der Waals surface area contributed by atoms with Crippen molar-refractivity contribution in [2.75, 3.05) is 13.2 Å². The van der Waals surface area contributed by atoms with Crippen molar-refractivity contribution in [2.45, 2.75) is 45.3 Å². The van der Waals surface area contributed by atoms with Crippen LogP contribution >= 0.6 is 0 Å². The normalized spacial score (nSPS) is 21.6. The molecule has 0 radical (unpaired) electrons. The number of carbonyl (C=O) groups excluding carboxylic acids is 1. The van der Waals surface area contributed by atoms with Gasteiger partial charge in [-0.25, -0.2) is 4.98 Å². The van der Waals surface area contributed by atoms with Crippen LogP contribution in [0.2, 0.25) is 0 Å². The quantitative estimate of drug-likeness (QED) is 0.774. The van der Waals surface area contributed by atoms with Crippen LogP contribution in [-0.2, 0) is 0 Å². The number of pyridine rings is 1. The van der Waals surface area contributed by atoms with Crippen molar-refractivity contribution in [2.24, 2.45) is 0 Å². The van der Waals surface area contributed by atoms with Gasteiger partial charge in [-0.05, 0) is 51.8 Å². The highest BCUT2D eigenvalue weighted by atomic mass is 16.5. The minimum absolute atomic E-state index is 0.139. The highest BCUT2D eigenvalue weighted by molar-refractivity contribution is 6.05. The zero-order valence-electron chi connectivity index (χ0n) is 16.5. The molecular weight excluding hydrogens is 354 g/mol. The van der Waals surface area contributed by atoms with Crippen LogP contribution in [0.4, 0.5) is 0 Å². The van der Waals surface area contributed by atoms with E-state index in [1.54, 1.807) is 25.1 Å². The summed E-state index contributed by atoms with van der Waals surface area (Å²) in [5, 5.41) is 12.7. The van der Waals surface area contributed by atoms with Crippen molar-refractivity contribution in [1.29, 1.82) is 5.26 Å². The number of hydrogen-bond donors (Lipinski definition) is 1. The predicted octanol–water partition coefficient (Wildman–Crippen LogP) is 3.43. The number of nitrogens with one attached hydrogen (secondary N) is 1. The number of para-hydroxylation sites is 1. The molecule has 2 heterocycles. The van der Waals surface area contributed by atoms with Gasteiger partial charge < -0.3 is 14.8 Å². The minimum atomic E-state index is -1.11. The molecule has 1 aliphatic heterocycles. The van der Waals surface area contributed by atoms with Crippen LogP contribution < -0.4 is 14.8 Å². The van der Waals surface area contributed by atoms with Gasteiger partial charge in [0.05, 0.1) is 23.8 Å². The highest BCUT2D eigenvalue weighted by Gasteiger charge is 2.45. The third-order valence-electron chi connectivity index (χ3n) is 5.13. The lowest BCUT2D eigenvalue weighted by atomic mass is 9.83. The van der Waals surface area contributed by atoms with Gasteiger partial charge in [-0.3, -0.25) is 4.79 Å². The molecule has 1 N–H and O–H groups in total. The van der Waals surface area contributed by atoms with Crippen molar-refractivity contribution < 1.29 is 14.3 Å². The molecule has 2 atom stereocenters. The molecule has 0 unspecified atom stereocenters. The number of carbonyl (C=O) groups is 1. The van der Waals surface area contributed by atoms with Crippen molar-refractivity contribution in [3.63, 3.8) is 0 Å². The van der Waals surface area contributed by atoms with Crippen LogP contribution in [0, 0.1) is 18.3 Å². The minimum Gasteiger partial charge on any atom is -0.493 e. The number of nitriles is 1. The highest BCUT2D eigenvalue weighted by Crippen LogP contribution is 2.33. The molecule has 1 fully saturated rings. The van der Waals surface area contributed by atoms with Gasteiger partial charge in [0, 0.05) is 24.3 Å². The van der Waals surface area contributed by atoms with E-state index in [0.717, 1.165) is 6.42 Å². The number of aromatic nitrogens is 1. The molecule has 0 amide bonds. The van der Waals surface area contributed by atoms with E-state index < -0.39 is 5.60 Å². The smallest absolute Gasteiger partial charge is 0.218 e. The standard InChI is InChI=1S/C22H25N3O3/c1-4-27-19-8-6-5-7-18(19)20(26)22(11-9-15(2)25-14-22)28-21-16(3)17(13-23)10-12-24-21/h5-8,10,12,15,25H,4,9,11,14H2,1-3H3/t15-,22-/m1/s1. The Hall–Kier alpha value is -2.91. The Bertz CT molecular complexity index is 896. The molecule has 0 aliphatic carbocycles. The fourth-order valence-electron chi connectivity index (χ4n) is 3.41. The molecular formula is C22H25N3O3. The first-order chi connectivity index (χ1) is 13.5. The SMILES string of the molecule is CCOc1ccccc1C(=O)[C@@]1(Oc2nccc(C#N)c2C)CC[C@@H](C)NC1. The van der Waals surface area contributed by atoms with E-state index in [4.69, 9.17) is 9.47 Å². The van der Waals surface area contributed by atoms with Crippen LogP contribution in [0.1, 0.15) is 48.2 Å². The monoisotopic (exact) mass is 379 g/mol. The summed E-state index contributed by atoms with van der Waals surface area (Å²) in [6.45, 7) is 6.59. The number of ether oxygens (including phenoxy) is 2. The molecule has 0 bridgehead atoms. The first-order valence-electron chi connectivity index (χ1n) is 9.55. The van der Waals surface area contributed by atoms with Gasteiger partial charge in [-0.2, -0.15) is 5.26 Å². The van der Waals surface area contributed by atoms with Gasteiger partial charge in [0.25, 0.3) is 0 Å². The fourth-order valence-corrected chi connectivity index (χ4v) is 3.41. The summed E-state index contributed by atoms with van der Waals surface area (Å²) in [6, 6.07) is 11.3. The third-order valence-corrected chi connectivity index (χ3v) is 5.13. The molecule has 0 saturated carbocycles. The number of rotatable bonds is 6. The van der Waals surface area contributed by atoms with E-state index >= 15 is 0 Å². The molecule has 1 aliphatic rings. The molecule has 1 saturated heterocycles. The molecule has 0 spiro atoms. The predicted molar refractivity (Wildman–Crippen MR) is 106 cm³/mol. The van der Waals surface area contributed by atoms with Crippen molar-refractivity contribution in [3.05, 3.63) is 53.2 Å². The summed E-state index contributed by atoms with van der Waals surface area (Å²) >= 11 is 0. The summed E-state index contributed by atoms with van der Waals surface area (Å²) in [5.74, 6) is 0.726. The number of hydrogen-bond acceptors (Lipinski definition) is 6. The Morgan fingerprint density at radius 1 is 1.39 bits per heavy atom. The molecule has 2 aromatic rings. The van der Waals surface area contributed by atoms with Crippen LogP contribution in [0.25, 0.3) is 0 Å². The van der Waals surface area contributed by atoms with Crippen molar-refractivity contribution >= 4 is 5.78 Å². The van der Waals surface area contributed by atoms with Gasteiger partial charge in [0.1, 0.15) is 5.75 Å². The van der Waals surface area contributed by atoms with E-state index in [9.17, 15) is 10.1 Å². The second kappa shape index (κ2) is 8.41. The molecule has 6 nitrogen and oxygen atoms in total. The topological polar surface area (TPSA) is 84.2 Å². The van der Waals surface area contributed by atoms with Gasteiger partial charge in [0.15, 0.2) is 5.60 Å². The van der Waals surface area contributed by atoms with Crippen LogP contribution in [-0.4, -0.2) is 35.6 Å². The zero-order chi connectivity index (χ0) is 20.1. The Kier molecular flexibility index (Phi) is 5.96. The number of piperidine rings is 1. The molecule has 1 aromatic heterocycles. The van der Waals surface area contributed by atoms with E-state index in [1.165, 1.54) is 6.20 Å². The first-order valence-corrected chi connectivity index (χ1v) is 9.55. The average molecular weight is 379 g/mol. The van der Waals surface area contributed by atoms with Gasteiger partial charge in [-0.1, -0.05) is 12.1 Å². The molecule has 6 heteroatoms. The molecule has 146 valence electrons. The Morgan fingerprint density at radius 3 is 2.86 bits per heavy atom. The van der Waals surface area contributed by atoms with Crippen LogP contribution in [0.15, 0.2) is 36.5 Å². The zero-order valence-corrected chi connectivity index (χ0v) is 16.5. The number of ketones is 1. The summed E-state index contributed by atoms with van der Waals surface area (Å²) < 4.78 is 12.0. The summed E-state index contributed by atoms with van der Waals surface area (Å²) in [4.78, 5) is 18.0. The number of benzene rings is 1. The van der Waals surface area contributed by atoms with Crippen molar-refractivity contribution in [1.82, 2.24) is 10.3 Å². The lowest BCUT2D eigenvalue weighted by Gasteiger charge is -2.39. The average Bonchev–Trinajstić information content (AvgIpc) is 2.71. The molecule has 1 aromatic carbocycles. The second-order valence-corrected chi connectivity index (χ2v) is 7.08. The lowest BCUT2D eigenvalue weighted by molar-refractivity contribution is 0.0258.